The molecule has 0 unspecified atom stereocenters. The molecule has 0 fully saturated rings. The van der Waals surface area contributed by atoms with Crippen LogP contribution in [-0.4, -0.2) is 28.0 Å². The van der Waals surface area contributed by atoms with Crippen LogP contribution >= 0.6 is 0 Å². The fraction of sp³-hybridized carbons (Fsp3) is 0.231. The average Bonchev–Trinajstić information content (AvgIpc) is 2.69. The monoisotopic (exact) mass is 246 g/mol. The highest BCUT2D eigenvalue weighted by Crippen LogP contribution is 2.18. The van der Waals surface area contributed by atoms with Gasteiger partial charge in [0.15, 0.2) is 0 Å². The van der Waals surface area contributed by atoms with Crippen LogP contribution in [-0.2, 0) is 11.2 Å². The maximum atomic E-state index is 10.7. The molecule has 0 aliphatic carbocycles. The minimum Gasteiger partial charge on any atom is -0.497 e. The number of carboxylic acid groups (broad SMARTS) is 1. The highest BCUT2D eigenvalue weighted by molar-refractivity contribution is 5.69. The number of aromatic nitrogens is 2. The molecule has 1 N–H and O–H groups in total. The van der Waals surface area contributed by atoms with Gasteiger partial charge in [0.1, 0.15) is 5.75 Å². The second kappa shape index (κ2) is 4.91. The molecule has 0 saturated carbocycles. The van der Waals surface area contributed by atoms with Crippen molar-refractivity contribution in [1.29, 1.82) is 0 Å². The van der Waals surface area contributed by atoms with E-state index in [0.29, 0.717) is 5.69 Å². The van der Waals surface area contributed by atoms with E-state index in [1.54, 1.807) is 17.9 Å². The molecule has 1 aromatic heterocycles. The zero-order valence-corrected chi connectivity index (χ0v) is 10.3. The quantitative estimate of drug-likeness (QED) is 0.893. The number of rotatable bonds is 4. The summed E-state index contributed by atoms with van der Waals surface area (Å²) in [4.78, 5) is 10.7. The first-order chi connectivity index (χ1) is 8.60. The molecule has 2 rings (SSSR count). The van der Waals surface area contributed by atoms with E-state index < -0.39 is 5.97 Å². The number of aryl methyl sites for hydroxylation is 1. The normalized spacial score (nSPS) is 10.3. The summed E-state index contributed by atoms with van der Waals surface area (Å²) < 4.78 is 6.86. The van der Waals surface area contributed by atoms with Crippen LogP contribution in [0.15, 0.2) is 30.3 Å². The second-order valence-electron chi connectivity index (χ2n) is 3.96. The Morgan fingerprint density at radius 3 is 2.89 bits per heavy atom. The van der Waals surface area contributed by atoms with Crippen LogP contribution in [0, 0.1) is 6.92 Å². The Morgan fingerprint density at radius 2 is 2.22 bits per heavy atom. The van der Waals surface area contributed by atoms with E-state index in [1.807, 2.05) is 31.2 Å². The number of carbonyl (C=O) groups is 1. The molecule has 2 aromatic rings. The Hall–Kier alpha value is -2.30. The predicted octanol–water partition coefficient (Wildman–Crippen LogP) is 1.82. The van der Waals surface area contributed by atoms with E-state index in [-0.39, 0.29) is 6.42 Å². The Labute approximate surface area is 105 Å². The zero-order valence-electron chi connectivity index (χ0n) is 10.3. The van der Waals surface area contributed by atoms with Gasteiger partial charge in [-0.05, 0) is 25.1 Å². The van der Waals surface area contributed by atoms with E-state index in [4.69, 9.17) is 9.84 Å². The van der Waals surface area contributed by atoms with Crippen LogP contribution < -0.4 is 4.74 Å². The van der Waals surface area contributed by atoms with Gasteiger partial charge in [-0.2, -0.15) is 5.10 Å². The first-order valence-electron chi connectivity index (χ1n) is 5.52. The number of ether oxygens (including phenoxy) is 1. The number of methoxy groups -OCH3 is 1. The SMILES string of the molecule is COc1cccc(-n2nc(CC(=O)O)cc2C)c1. The summed E-state index contributed by atoms with van der Waals surface area (Å²) >= 11 is 0. The molecular weight excluding hydrogens is 232 g/mol. The fourth-order valence-electron chi connectivity index (χ4n) is 1.78. The van der Waals surface area contributed by atoms with E-state index in [1.165, 1.54) is 0 Å². The number of hydrogen-bond donors (Lipinski definition) is 1. The van der Waals surface area contributed by atoms with Gasteiger partial charge >= 0.3 is 5.97 Å². The van der Waals surface area contributed by atoms with Crippen molar-refractivity contribution >= 4 is 5.97 Å². The molecule has 5 heteroatoms. The third-order valence-corrected chi connectivity index (χ3v) is 2.57. The molecule has 5 nitrogen and oxygen atoms in total. The number of hydrogen-bond acceptors (Lipinski definition) is 3. The van der Waals surface area contributed by atoms with Crippen molar-refractivity contribution in [1.82, 2.24) is 9.78 Å². The summed E-state index contributed by atoms with van der Waals surface area (Å²) in [5, 5.41) is 13.0. The average molecular weight is 246 g/mol. The van der Waals surface area contributed by atoms with Crippen LogP contribution in [0.2, 0.25) is 0 Å². The maximum absolute atomic E-state index is 10.7. The van der Waals surface area contributed by atoms with Gasteiger partial charge in [-0.1, -0.05) is 6.07 Å². The Morgan fingerprint density at radius 1 is 1.44 bits per heavy atom. The summed E-state index contributed by atoms with van der Waals surface area (Å²) in [5.74, 6) is -0.146. The molecule has 0 spiro atoms. The molecular formula is C13H14N2O3. The van der Waals surface area contributed by atoms with Gasteiger partial charge < -0.3 is 9.84 Å². The fourth-order valence-corrected chi connectivity index (χ4v) is 1.78. The van der Waals surface area contributed by atoms with Gasteiger partial charge in [0.2, 0.25) is 0 Å². The van der Waals surface area contributed by atoms with Crippen molar-refractivity contribution in [2.24, 2.45) is 0 Å². The van der Waals surface area contributed by atoms with Crippen molar-refractivity contribution in [2.45, 2.75) is 13.3 Å². The topological polar surface area (TPSA) is 64.4 Å². The van der Waals surface area contributed by atoms with Gasteiger partial charge in [-0.25, -0.2) is 4.68 Å². The number of nitrogens with zero attached hydrogens (tertiary/aromatic N) is 2. The van der Waals surface area contributed by atoms with E-state index in [0.717, 1.165) is 17.1 Å². The summed E-state index contributed by atoms with van der Waals surface area (Å²) in [7, 11) is 1.60. The van der Waals surface area contributed by atoms with Gasteiger partial charge in [-0.3, -0.25) is 4.79 Å². The molecule has 18 heavy (non-hydrogen) atoms. The highest BCUT2D eigenvalue weighted by atomic mass is 16.5. The second-order valence-corrected chi connectivity index (χ2v) is 3.96. The lowest BCUT2D eigenvalue weighted by Crippen LogP contribution is -2.03. The summed E-state index contributed by atoms with van der Waals surface area (Å²) in [6.07, 6.45) is -0.0716. The van der Waals surface area contributed by atoms with Crippen molar-refractivity contribution in [3.63, 3.8) is 0 Å². The van der Waals surface area contributed by atoms with Crippen LogP contribution in [0.25, 0.3) is 5.69 Å². The van der Waals surface area contributed by atoms with Crippen LogP contribution in [0.4, 0.5) is 0 Å². The summed E-state index contributed by atoms with van der Waals surface area (Å²) in [6.45, 7) is 1.89. The number of aliphatic carboxylic acids is 1. The number of carboxylic acids is 1. The maximum Gasteiger partial charge on any atom is 0.309 e. The van der Waals surface area contributed by atoms with E-state index >= 15 is 0 Å². The first kappa shape index (κ1) is 12.2. The largest absolute Gasteiger partial charge is 0.497 e. The van der Waals surface area contributed by atoms with Crippen molar-refractivity contribution in [2.75, 3.05) is 7.11 Å². The lowest BCUT2D eigenvalue weighted by Gasteiger charge is -2.06. The lowest BCUT2D eigenvalue weighted by atomic mass is 10.3. The molecule has 0 aliphatic heterocycles. The van der Waals surface area contributed by atoms with Crippen LogP contribution in [0.5, 0.6) is 5.75 Å². The molecule has 0 radical (unpaired) electrons. The molecule has 0 bridgehead atoms. The van der Waals surface area contributed by atoms with Gasteiger partial charge in [0.25, 0.3) is 0 Å². The van der Waals surface area contributed by atoms with Gasteiger partial charge in [0.05, 0.1) is 24.9 Å². The minimum atomic E-state index is -0.884. The number of benzene rings is 1. The summed E-state index contributed by atoms with van der Waals surface area (Å²) in [5.41, 5.74) is 2.28. The molecule has 0 aliphatic rings. The highest BCUT2D eigenvalue weighted by Gasteiger charge is 2.09. The lowest BCUT2D eigenvalue weighted by molar-refractivity contribution is -0.136. The zero-order chi connectivity index (χ0) is 13.1. The standard InChI is InChI=1S/C13H14N2O3/c1-9-6-10(7-13(16)17)14-15(9)11-4-3-5-12(8-11)18-2/h3-6,8H,7H2,1-2H3,(H,16,17). The van der Waals surface area contributed by atoms with Crippen molar-refractivity contribution < 1.29 is 14.6 Å². The molecule has 94 valence electrons. The van der Waals surface area contributed by atoms with Gasteiger partial charge in [-0.15, -0.1) is 0 Å². The van der Waals surface area contributed by atoms with Crippen LogP contribution in [0.1, 0.15) is 11.4 Å². The summed E-state index contributed by atoms with van der Waals surface area (Å²) in [6, 6.07) is 9.23. The smallest absolute Gasteiger partial charge is 0.309 e. The third-order valence-electron chi connectivity index (χ3n) is 2.57. The van der Waals surface area contributed by atoms with Crippen LogP contribution in [0.3, 0.4) is 0 Å². The molecule has 0 saturated heterocycles. The third kappa shape index (κ3) is 2.51. The Balaban J connectivity index is 2.37. The molecule has 1 heterocycles. The Kier molecular flexibility index (Phi) is 3.32. The first-order valence-corrected chi connectivity index (χ1v) is 5.52. The van der Waals surface area contributed by atoms with Crippen molar-refractivity contribution in [3.05, 3.63) is 41.7 Å². The minimum absolute atomic E-state index is 0.0716. The van der Waals surface area contributed by atoms with Gasteiger partial charge in [0, 0.05) is 11.8 Å². The van der Waals surface area contributed by atoms with Crippen molar-refractivity contribution in [3.8, 4) is 11.4 Å². The molecule has 0 amide bonds. The van der Waals surface area contributed by atoms with E-state index in [2.05, 4.69) is 5.10 Å². The molecule has 1 aromatic carbocycles. The molecule has 0 atom stereocenters. The predicted molar refractivity (Wildman–Crippen MR) is 66.2 cm³/mol. The van der Waals surface area contributed by atoms with E-state index in [9.17, 15) is 4.79 Å². The Bertz CT molecular complexity index is 575.